The van der Waals surface area contributed by atoms with E-state index in [1.807, 2.05) is 6.07 Å². The summed E-state index contributed by atoms with van der Waals surface area (Å²) >= 11 is 0. The van der Waals surface area contributed by atoms with Crippen molar-refractivity contribution >= 4 is 11.9 Å². The third kappa shape index (κ3) is 3.79. The summed E-state index contributed by atoms with van der Waals surface area (Å²) < 4.78 is 0. The Morgan fingerprint density at radius 2 is 2.12 bits per heavy atom. The molecule has 0 bridgehead atoms. The van der Waals surface area contributed by atoms with Gasteiger partial charge in [0.25, 0.3) is 5.91 Å². The second kappa shape index (κ2) is 7.25. The Kier molecular flexibility index (Phi) is 4.89. The first-order chi connectivity index (χ1) is 11.6. The minimum absolute atomic E-state index is 0.0823. The molecule has 1 aromatic heterocycles. The fourth-order valence-electron chi connectivity index (χ4n) is 3.22. The minimum atomic E-state index is -0.905. The van der Waals surface area contributed by atoms with E-state index in [9.17, 15) is 9.59 Å². The molecule has 1 aliphatic rings. The molecule has 0 radical (unpaired) electrons. The van der Waals surface area contributed by atoms with Gasteiger partial charge in [-0.15, -0.1) is 0 Å². The van der Waals surface area contributed by atoms with Crippen molar-refractivity contribution in [2.45, 2.75) is 31.6 Å². The maximum Gasteiger partial charge on any atom is 0.307 e. The lowest BCUT2D eigenvalue weighted by Crippen LogP contribution is -2.30. The van der Waals surface area contributed by atoms with E-state index in [-0.39, 0.29) is 18.2 Å². The number of carbonyl (C=O) groups is 2. The van der Waals surface area contributed by atoms with Crippen LogP contribution >= 0.6 is 0 Å². The molecule has 0 fully saturated rings. The first kappa shape index (κ1) is 16.2. The van der Waals surface area contributed by atoms with Gasteiger partial charge in [-0.2, -0.15) is 0 Å². The highest BCUT2D eigenvalue weighted by molar-refractivity contribution is 5.94. The van der Waals surface area contributed by atoms with Gasteiger partial charge in [0.1, 0.15) is 0 Å². The van der Waals surface area contributed by atoms with Gasteiger partial charge in [0.15, 0.2) is 0 Å². The molecule has 124 valence electrons. The monoisotopic (exact) mass is 324 g/mol. The molecule has 5 heteroatoms. The van der Waals surface area contributed by atoms with E-state index in [4.69, 9.17) is 5.11 Å². The van der Waals surface area contributed by atoms with Crippen LogP contribution in [0.2, 0.25) is 0 Å². The Hall–Kier alpha value is -2.69. The number of amides is 1. The van der Waals surface area contributed by atoms with Gasteiger partial charge in [-0.25, -0.2) is 0 Å². The van der Waals surface area contributed by atoms with E-state index in [1.165, 1.54) is 5.56 Å². The molecule has 0 saturated heterocycles. The summed E-state index contributed by atoms with van der Waals surface area (Å²) in [5.74, 6) is -0.844. The predicted molar refractivity (Wildman–Crippen MR) is 90.0 cm³/mol. The standard InChI is InChI=1S/C19H20N2O3/c22-17(23)11-13-4-1-6-15(10-13)19(24)21-12-16-7-2-5-14-8-3-9-20-18(14)16/h1,3-4,6,8-10,16H,2,5,7,11-12H2,(H,21,24)(H,22,23). The number of nitrogens with one attached hydrogen (secondary N) is 1. The summed E-state index contributed by atoms with van der Waals surface area (Å²) in [5, 5.41) is 11.8. The van der Waals surface area contributed by atoms with Crippen molar-refractivity contribution in [2.24, 2.45) is 0 Å². The van der Waals surface area contributed by atoms with Crippen LogP contribution in [0, 0.1) is 0 Å². The van der Waals surface area contributed by atoms with Crippen LogP contribution in [0.3, 0.4) is 0 Å². The Morgan fingerprint density at radius 3 is 2.96 bits per heavy atom. The van der Waals surface area contributed by atoms with Crippen molar-refractivity contribution in [3.05, 3.63) is 65.0 Å². The number of carboxylic acids is 1. The van der Waals surface area contributed by atoms with E-state index in [0.29, 0.717) is 17.7 Å². The molecule has 2 N–H and O–H groups in total. The van der Waals surface area contributed by atoms with Crippen LogP contribution in [0.4, 0.5) is 0 Å². The zero-order chi connectivity index (χ0) is 16.9. The number of rotatable bonds is 5. The lowest BCUT2D eigenvalue weighted by molar-refractivity contribution is -0.136. The number of nitrogens with zero attached hydrogens (tertiary/aromatic N) is 1. The van der Waals surface area contributed by atoms with Crippen molar-refractivity contribution in [1.29, 1.82) is 0 Å². The van der Waals surface area contributed by atoms with Crippen molar-refractivity contribution in [2.75, 3.05) is 6.54 Å². The lowest BCUT2D eigenvalue weighted by Gasteiger charge is -2.24. The SMILES string of the molecule is O=C(O)Cc1cccc(C(=O)NCC2CCCc3cccnc32)c1. The van der Waals surface area contributed by atoms with E-state index in [2.05, 4.69) is 16.4 Å². The maximum absolute atomic E-state index is 12.4. The third-order valence-corrected chi connectivity index (χ3v) is 4.37. The molecule has 3 rings (SSSR count). The highest BCUT2D eigenvalue weighted by atomic mass is 16.4. The summed E-state index contributed by atoms with van der Waals surface area (Å²) in [6.07, 6.45) is 4.89. The molecule has 1 aliphatic carbocycles. The van der Waals surface area contributed by atoms with Crippen LogP contribution in [0.5, 0.6) is 0 Å². The third-order valence-electron chi connectivity index (χ3n) is 4.37. The second-order valence-electron chi connectivity index (χ2n) is 6.12. The minimum Gasteiger partial charge on any atom is -0.481 e. The van der Waals surface area contributed by atoms with Crippen LogP contribution in [-0.4, -0.2) is 28.5 Å². The fraction of sp³-hybridized carbons (Fsp3) is 0.316. The van der Waals surface area contributed by atoms with Gasteiger partial charge < -0.3 is 10.4 Å². The average molecular weight is 324 g/mol. The molecule has 1 atom stereocenters. The van der Waals surface area contributed by atoms with E-state index in [1.54, 1.807) is 30.5 Å². The number of aryl methyl sites for hydroxylation is 1. The number of fused-ring (bicyclic) bond motifs is 1. The molecule has 0 saturated carbocycles. The van der Waals surface area contributed by atoms with Gasteiger partial charge in [-0.05, 0) is 48.6 Å². The molecule has 0 spiro atoms. The smallest absolute Gasteiger partial charge is 0.307 e. The van der Waals surface area contributed by atoms with Crippen molar-refractivity contribution in [1.82, 2.24) is 10.3 Å². The Bertz CT molecular complexity index is 758. The summed E-state index contributed by atoms with van der Waals surface area (Å²) in [6, 6.07) is 10.8. The molecule has 0 aliphatic heterocycles. The Balaban J connectivity index is 1.65. The molecule has 1 unspecified atom stereocenters. The van der Waals surface area contributed by atoms with Gasteiger partial charge in [0.2, 0.25) is 0 Å². The lowest BCUT2D eigenvalue weighted by atomic mass is 9.86. The van der Waals surface area contributed by atoms with Gasteiger partial charge in [-0.3, -0.25) is 14.6 Å². The van der Waals surface area contributed by atoms with Crippen LogP contribution in [0.1, 0.15) is 45.9 Å². The fourth-order valence-corrected chi connectivity index (χ4v) is 3.22. The highest BCUT2D eigenvalue weighted by Gasteiger charge is 2.22. The molecule has 1 heterocycles. The van der Waals surface area contributed by atoms with E-state index in [0.717, 1.165) is 25.0 Å². The maximum atomic E-state index is 12.4. The number of hydrogen-bond acceptors (Lipinski definition) is 3. The van der Waals surface area contributed by atoms with Gasteiger partial charge in [0.05, 0.1) is 6.42 Å². The zero-order valence-corrected chi connectivity index (χ0v) is 13.4. The molecule has 5 nitrogen and oxygen atoms in total. The molecular weight excluding hydrogens is 304 g/mol. The highest BCUT2D eigenvalue weighted by Crippen LogP contribution is 2.29. The van der Waals surface area contributed by atoms with Crippen molar-refractivity contribution in [3.63, 3.8) is 0 Å². The number of benzene rings is 1. The Labute approximate surface area is 140 Å². The van der Waals surface area contributed by atoms with Gasteiger partial charge >= 0.3 is 5.97 Å². The van der Waals surface area contributed by atoms with Gasteiger partial charge in [0, 0.05) is 29.9 Å². The number of carboxylic acid groups (broad SMARTS) is 1. The molecule has 1 amide bonds. The zero-order valence-electron chi connectivity index (χ0n) is 13.4. The van der Waals surface area contributed by atoms with Crippen LogP contribution in [0.15, 0.2) is 42.6 Å². The molecule has 2 aromatic rings. The molecule has 1 aromatic carbocycles. The van der Waals surface area contributed by atoms with Crippen LogP contribution in [-0.2, 0) is 17.6 Å². The van der Waals surface area contributed by atoms with Gasteiger partial charge in [-0.1, -0.05) is 18.2 Å². The second-order valence-corrected chi connectivity index (χ2v) is 6.12. The summed E-state index contributed by atoms with van der Waals surface area (Å²) in [6.45, 7) is 0.548. The van der Waals surface area contributed by atoms with E-state index >= 15 is 0 Å². The average Bonchev–Trinajstić information content (AvgIpc) is 2.59. The van der Waals surface area contributed by atoms with E-state index < -0.39 is 5.97 Å². The first-order valence-electron chi connectivity index (χ1n) is 8.16. The summed E-state index contributed by atoms with van der Waals surface area (Å²) in [5.41, 5.74) is 3.47. The van der Waals surface area contributed by atoms with Crippen molar-refractivity contribution in [3.8, 4) is 0 Å². The number of pyridine rings is 1. The largest absolute Gasteiger partial charge is 0.481 e. The summed E-state index contributed by atoms with van der Waals surface area (Å²) in [7, 11) is 0. The quantitative estimate of drug-likeness (QED) is 0.886. The first-order valence-corrected chi connectivity index (χ1v) is 8.16. The topological polar surface area (TPSA) is 79.3 Å². The van der Waals surface area contributed by atoms with Crippen LogP contribution in [0.25, 0.3) is 0 Å². The number of aromatic nitrogens is 1. The number of hydrogen-bond donors (Lipinski definition) is 2. The van der Waals surface area contributed by atoms with Crippen molar-refractivity contribution < 1.29 is 14.7 Å². The number of aliphatic carboxylic acids is 1. The predicted octanol–water partition coefficient (Wildman–Crippen LogP) is 2.56. The van der Waals surface area contributed by atoms with Crippen LogP contribution < -0.4 is 5.32 Å². The number of carbonyl (C=O) groups excluding carboxylic acids is 1. The normalized spacial score (nSPS) is 16.2. The molecule has 24 heavy (non-hydrogen) atoms. The Morgan fingerprint density at radius 1 is 1.25 bits per heavy atom. The summed E-state index contributed by atoms with van der Waals surface area (Å²) in [4.78, 5) is 27.6. The molecular formula is C19H20N2O3.